The molecule has 0 aromatic heterocycles. The van der Waals surface area contributed by atoms with Crippen LogP contribution in [-0.4, -0.2) is 30.8 Å². The Kier molecular flexibility index (Phi) is 5.98. The van der Waals surface area contributed by atoms with Crippen molar-refractivity contribution in [2.45, 2.75) is 6.92 Å². The summed E-state index contributed by atoms with van der Waals surface area (Å²) in [7, 11) is 0. The van der Waals surface area contributed by atoms with Crippen LogP contribution in [0.1, 0.15) is 6.92 Å². The van der Waals surface area contributed by atoms with Crippen molar-refractivity contribution < 1.29 is 14.6 Å². The van der Waals surface area contributed by atoms with E-state index in [1.807, 2.05) is 61.5 Å². The lowest BCUT2D eigenvalue weighted by molar-refractivity contribution is -0.123. The molecule has 0 saturated carbocycles. The second-order valence-corrected chi connectivity index (χ2v) is 5.24. The predicted molar refractivity (Wildman–Crippen MR) is 86.6 cm³/mol. The zero-order chi connectivity index (χ0) is 15.8. The number of hydrogen-bond acceptors (Lipinski definition) is 3. The van der Waals surface area contributed by atoms with E-state index in [0.29, 0.717) is 12.3 Å². The van der Waals surface area contributed by atoms with Gasteiger partial charge in [-0.05, 0) is 17.5 Å². The number of rotatable bonds is 7. The Hall–Kier alpha value is -2.33. The lowest BCUT2D eigenvalue weighted by atomic mass is 10.1. The van der Waals surface area contributed by atoms with Crippen LogP contribution in [0.15, 0.2) is 54.6 Å². The monoisotopic (exact) mass is 299 g/mol. The van der Waals surface area contributed by atoms with Gasteiger partial charge in [0.15, 0.2) is 6.61 Å². The molecule has 4 nitrogen and oxygen atoms in total. The molecular weight excluding hydrogens is 278 g/mol. The Labute approximate surface area is 130 Å². The Balaban J connectivity index is 1.98. The highest BCUT2D eigenvalue weighted by Gasteiger charge is 2.09. The molecule has 2 N–H and O–H groups in total. The molecule has 1 atom stereocenters. The van der Waals surface area contributed by atoms with Crippen LogP contribution in [0.2, 0.25) is 0 Å². The molecule has 4 heteroatoms. The Morgan fingerprint density at radius 3 is 2.55 bits per heavy atom. The van der Waals surface area contributed by atoms with Crippen LogP contribution in [-0.2, 0) is 4.79 Å². The summed E-state index contributed by atoms with van der Waals surface area (Å²) in [6.45, 7) is 2.32. The van der Waals surface area contributed by atoms with E-state index in [0.717, 1.165) is 11.1 Å². The molecule has 116 valence electrons. The summed E-state index contributed by atoms with van der Waals surface area (Å²) in [4.78, 5) is 11.8. The van der Waals surface area contributed by atoms with Crippen LogP contribution >= 0.6 is 0 Å². The predicted octanol–water partition coefficient (Wildman–Crippen LogP) is 2.48. The molecule has 22 heavy (non-hydrogen) atoms. The Bertz CT molecular complexity index is 598. The molecule has 2 aromatic rings. The van der Waals surface area contributed by atoms with Crippen molar-refractivity contribution in [3.8, 4) is 16.9 Å². The first-order chi connectivity index (χ1) is 10.7. The molecule has 2 rings (SSSR count). The molecule has 1 unspecified atom stereocenters. The number of carbonyl (C=O) groups excluding carboxylic acids is 1. The number of ether oxygens (including phenoxy) is 1. The standard InChI is InChI=1S/C18H21NO3/c1-14(12-20)11-19-18(21)13-22-17-10-6-5-9-16(17)15-7-3-2-4-8-15/h2-10,14,20H,11-13H2,1H3,(H,19,21). The van der Waals surface area contributed by atoms with Crippen molar-refractivity contribution in [3.63, 3.8) is 0 Å². The van der Waals surface area contributed by atoms with Gasteiger partial charge in [0.25, 0.3) is 5.91 Å². The van der Waals surface area contributed by atoms with Crippen LogP contribution < -0.4 is 10.1 Å². The van der Waals surface area contributed by atoms with E-state index in [-0.39, 0.29) is 25.0 Å². The van der Waals surface area contributed by atoms with Gasteiger partial charge in [-0.15, -0.1) is 0 Å². The number of amides is 1. The van der Waals surface area contributed by atoms with Crippen LogP contribution in [0, 0.1) is 5.92 Å². The van der Waals surface area contributed by atoms with Crippen molar-refractivity contribution in [2.24, 2.45) is 5.92 Å². The van der Waals surface area contributed by atoms with Crippen LogP contribution in [0.5, 0.6) is 5.75 Å². The lowest BCUT2D eigenvalue weighted by Crippen LogP contribution is -2.33. The first-order valence-corrected chi connectivity index (χ1v) is 7.35. The Morgan fingerprint density at radius 1 is 1.14 bits per heavy atom. The number of aliphatic hydroxyl groups excluding tert-OH is 1. The topological polar surface area (TPSA) is 58.6 Å². The van der Waals surface area contributed by atoms with E-state index in [1.165, 1.54) is 0 Å². The highest BCUT2D eigenvalue weighted by Crippen LogP contribution is 2.29. The van der Waals surface area contributed by atoms with Gasteiger partial charge in [-0.3, -0.25) is 4.79 Å². The smallest absolute Gasteiger partial charge is 0.257 e. The fourth-order valence-electron chi connectivity index (χ4n) is 2.00. The minimum absolute atomic E-state index is 0.0397. The normalized spacial score (nSPS) is 11.7. The van der Waals surface area contributed by atoms with Gasteiger partial charge in [-0.25, -0.2) is 0 Å². The number of nitrogens with one attached hydrogen (secondary N) is 1. The number of carbonyl (C=O) groups is 1. The summed E-state index contributed by atoms with van der Waals surface area (Å²) in [6, 6.07) is 17.6. The first-order valence-electron chi connectivity index (χ1n) is 7.35. The maximum Gasteiger partial charge on any atom is 0.257 e. The number of hydrogen-bond donors (Lipinski definition) is 2. The van der Waals surface area contributed by atoms with Gasteiger partial charge >= 0.3 is 0 Å². The van der Waals surface area contributed by atoms with Gasteiger partial charge < -0.3 is 15.2 Å². The molecular formula is C18H21NO3. The third-order valence-corrected chi connectivity index (χ3v) is 3.29. The van der Waals surface area contributed by atoms with Crippen molar-refractivity contribution in [2.75, 3.05) is 19.8 Å². The summed E-state index contributed by atoms with van der Waals surface area (Å²) < 4.78 is 5.64. The molecule has 1 amide bonds. The van der Waals surface area contributed by atoms with E-state index in [9.17, 15) is 4.79 Å². The van der Waals surface area contributed by atoms with E-state index in [4.69, 9.17) is 9.84 Å². The molecule has 0 saturated heterocycles. The summed E-state index contributed by atoms with van der Waals surface area (Å²) >= 11 is 0. The van der Waals surface area contributed by atoms with E-state index >= 15 is 0 Å². The highest BCUT2D eigenvalue weighted by molar-refractivity contribution is 5.78. The number of benzene rings is 2. The third kappa shape index (κ3) is 4.60. The average molecular weight is 299 g/mol. The largest absolute Gasteiger partial charge is 0.483 e. The third-order valence-electron chi connectivity index (χ3n) is 3.29. The zero-order valence-corrected chi connectivity index (χ0v) is 12.7. The molecule has 2 aromatic carbocycles. The maximum absolute atomic E-state index is 11.8. The van der Waals surface area contributed by atoms with Crippen LogP contribution in [0.3, 0.4) is 0 Å². The molecule has 0 aliphatic carbocycles. The zero-order valence-electron chi connectivity index (χ0n) is 12.7. The molecule has 0 bridgehead atoms. The van der Waals surface area contributed by atoms with Gasteiger partial charge in [0.1, 0.15) is 5.75 Å². The summed E-state index contributed by atoms with van der Waals surface area (Å²) in [6.07, 6.45) is 0. The SMILES string of the molecule is CC(CO)CNC(=O)COc1ccccc1-c1ccccc1. The molecule has 0 heterocycles. The lowest BCUT2D eigenvalue weighted by Gasteiger charge is -2.13. The average Bonchev–Trinajstić information content (AvgIpc) is 2.58. The van der Waals surface area contributed by atoms with Gasteiger partial charge in [-0.1, -0.05) is 55.5 Å². The van der Waals surface area contributed by atoms with Crippen LogP contribution in [0.25, 0.3) is 11.1 Å². The van der Waals surface area contributed by atoms with Crippen molar-refractivity contribution >= 4 is 5.91 Å². The second-order valence-electron chi connectivity index (χ2n) is 5.24. The van der Waals surface area contributed by atoms with Gasteiger partial charge in [0.05, 0.1) is 0 Å². The van der Waals surface area contributed by atoms with Gasteiger partial charge in [-0.2, -0.15) is 0 Å². The molecule has 0 spiro atoms. The minimum Gasteiger partial charge on any atom is -0.483 e. The fraction of sp³-hybridized carbons (Fsp3) is 0.278. The summed E-state index contributed by atoms with van der Waals surface area (Å²) in [5.41, 5.74) is 2.01. The summed E-state index contributed by atoms with van der Waals surface area (Å²) in [5.74, 6) is 0.530. The second kappa shape index (κ2) is 8.20. The Morgan fingerprint density at radius 2 is 1.82 bits per heavy atom. The van der Waals surface area contributed by atoms with E-state index in [2.05, 4.69) is 5.32 Å². The molecule has 0 aliphatic heterocycles. The molecule has 0 aliphatic rings. The first kappa shape index (κ1) is 16.0. The van der Waals surface area contributed by atoms with Crippen LogP contribution in [0.4, 0.5) is 0 Å². The quantitative estimate of drug-likeness (QED) is 0.826. The molecule has 0 fully saturated rings. The number of aliphatic hydroxyl groups is 1. The van der Waals surface area contributed by atoms with Crippen molar-refractivity contribution in [1.29, 1.82) is 0 Å². The van der Waals surface area contributed by atoms with Crippen molar-refractivity contribution in [3.05, 3.63) is 54.6 Å². The van der Waals surface area contributed by atoms with E-state index in [1.54, 1.807) is 0 Å². The highest BCUT2D eigenvalue weighted by atomic mass is 16.5. The van der Waals surface area contributed by atoms with Gasteiger partial charge in [0, 0.05) is 18.7 Å². The fourth-order valence-corrected chi connectivity index (χ4v) is 2.00. The van der Waals surface area contributed by atoms with Crippen molar-refractivity contribution in [1.82, 2.24) is 5.32 Å². The van der Waals surface area contributed by atoms with E-state index < -0.39 is 0 Å². The number of para-hydroxylation sites is 1. The minimum atomic E-state index is -0.192. The van der Waals surface area contributed by atoms with Gasteiger partial charge in [0.2, 0.25) is 0 Å². The maximum atomic E-state index is 11.8. The summed E-state index contributed by atoms with van der Waals surface area (Å²) in [5, 5.41) is 11.7. The molecule has 0 radical (unpaired) electrons.